The Morgan fingerprint density at radius 2 is 1.75 bits per heavy atom. The molecule has 0 aliphatic carbocycles. The third-order valence-corrected chi connectivity index (χ3v) is 3.03. The molecule has 1 aliphatic rings. The van der Waals surface area contributed by atoms with Crippen molar-refractivity contribution in [2.24, 2.45) is 0 Å². The third kappa shape index (κ3) is 1.91. The fraction of sp³-hybridized carbons (Fsp3) is 0.200. The van der Waals surface area contributed by atoms with Crippen LogP contribution in [-0.4, -0.2) is 24.9 Å². The number of anilines is 1. The minimum absolute atomic E-state index is 0.120. The van der Waals surface area contributed by atoms with E-state index < -0.39 is 0 Å². The highest BCUT2D eigenvalue weighted by Crippen LogP contribution is 2.32. The van der Waals surface area contributed by atoms with Gasteiger partial charge in [0.1, 0.15) is 0 Å². The zero-order valence-corrected chi connectivity index (χ0v) is 9.68. The molecule has 0 bridgehead atoms. The van der Waals surface area contributed by atoms with Crippen molar-refractivity contribution in [1.82, 2.24) is 5.32 Å². The molecule has 0 saturated carbocycles. The van der Waals surface area contributed by atoms with Gasteiger partial charge in [0.15, 0.2) is 0 Å². The van der Waals surface area contributed by atoms with E-state index in [0.29, 0.717) is 10.7 Å². The summed E-state index contributed by atoms with van der Waals surface area (Å²) in [5.74, 6) is -0.666. The number of benzene rings is 1. The molecule has 0 unspecified atom stereocenters. The van der Waals surface area contributed by atoms with Crippen LogP contribution < -0.4 is 10.2 Å². The first-order chi connectivity index (χ1) is 7.61. The van der Waals surface area contributed by atoms with Crippen LogP contribution in [0, 0.1) is 0 Å². The molecule has 0 aromatic heterocycles. The van der Waals surface area contributed by atoms with Crippen LogP contribution >= 0.6 is 23.2 Å². The van der Waals surface area contributed by atoms with E-state index in [-0.39, 0.29) is 29.9 Å². The Hall–Kier alpha value is -1.10. The number of rotatable bonds is 1. The first-order valence-electron chi connectivity index (χ1n) is 4.62. The first-order valence-corrected chi connectivity index (χ1v) is 5.37. The highest BCUT2D eigenvalue weighted by atomic mass is 35.5. The van der Waals surface area contributed by atoms with E-state index in [0.717, 1.165) is 4.90 Å². The summed E-state index contributed by atoms with van der Waals surface area (Å²) in [6, 6.07) is 4.84. The van der Waals surface area contributed by atoms with E-state index in [9.17, 15) is 9.59 Å². The lowest BCUT2D eigenvalue weighted by Gasteiger charge is -2.26. The monoisotopic (exact) mass is 258 g/mol. The van der Waals surface area contributed by atoms with Gasteiger partial charge in [-0.3, -0.25) is 14.9 Å². The fourth-order valence-corrected chi connectivity index (χ4v) is 1.89. The van der Waals surface area contributed by atoms with Gasteiger partial charge in [-0.2, -0.15) is 0 Å². The van der Waals surface area contributed by atoms with Crippen LogP contribution in [0.5, 0.6) is 0 Å². The summed E-state index contributed by atoms with van der Waals surface area (Å²) < 4.78 is 0. The van der Waals surface area contributed by atoms with Crippen LogP contribution in [0.25, 0.3) is 0 Å². The van der Waals surface area contributed by atoms with Crippen molar-refractivity contribution in [2.75, 3.05) is 18.0 Å². The van der Waals surface area contributed by atoms with Crippen LogP contribution in [0.1, 0.15) is 0 Å². The van der Waals surface area contributed by atoms with Crippen LogP contribution in [0.4, 0.5) is 5.69 Å². The van der Waals surface area contributed by atoms with Gasteiger partial charge in [-0.15, -0.1) is 0 Å². The second-order valence-corrected chi connectivity index (χ2v) is 4.08. The van der Waals surface area contributed by atoms with Gasteiger partial charge in [0.2, 0.25) is 11.8 Å². The fourth-order valence-electron chi connectivity index (χ4n) is 1.51. The van der Waals surface area contributed by atoms with Gasteiger partial charge in [0.25, 0.3) is 0 Å². The number of hydrogen-bond donors (Lipinski definition) is 1. The molecule has 6 heteroatoms. The Kier molecular flexibility index (Phi) is 3.14. The van der Waals surface area contributed by atoms with Crippen molar-refractivity contribution in [3.05, 3.63) is 28.2 Å². The Balaban J connectivity index is 2.46. The zero-order valence-electron chi connectivity index (χ0n) is 8.17. The van der Waals surface area contributed by atoms with E-state index in [1.165, 1.54) is 0 Å². The molecule has 1 heterocycles. The molecule has 0 spiro atoms. The second kappa shape index (κ2) is 4.41. The molecule has 1 fully saturated rings. The van der Waals surface area contributed by atoms with Crippen molar-refractivity contribution in [1.29, 1.82) is 0 Å². The van der Waals surface area contributed by atoms with Gasteiger partial charge < -0.3 is 0 Å². The van der Waals surface area contributed by atoms with Gasteiger partial charge in [0, 0.05) is 0 Å². The predicted octanol–water partition coefficient (Wildman–Crippen LogP) is 1.46. The lowest BCUT2D eigenvalue weighted by molar-refractivity contribution is -0.127. The molecule has 1 aromatic carbocycles. The van der Waals surface area contributed by atoms with E-state index in [1.807, 2.05) is 0 Å². The van der Waals surface area contributed by atoms with Gasteiger partial charge in [-0.05, 0) is 12.1 Å². The quantitative estimate of drug-likeness (QED) is 0.776. The summed E-state index contributed by atoms with van der Waals surface area (Å²) in [6.07, 6.45) is 0. The molecule has 0 atom stereocenters. The SMILES string of the molecule is O=C1CNCC(=O)N1c1cccc(Cl)c1Cl. The largest absolute Gasteiger partial charge is 0.300 e. The van der Waals surface area contributed by atoms with Gasteiger partial charge in [-0.1, -0.05) is 29.3 Å². The maximum atomic E-state index is 11.6. The molecule has 1 saturated heterocycles. The maximum absolute atomic E-state index is 11.6. The number of amides is 2. The van der Waals surface area contributed by atoms with E-state index in [2.05, 4.69) is 5.32 Å². The average Bonchev–Trinajstić information content (AvgIpc) is 2.24. The minimum Gasteiger partial charge on any atom is -0.300 e. The van der Waals surface area contributed by atoms with Crippen LogP contribution in [0.15, 0.2) is 18.2 Å². The van der Waals surface area contributed by atoms with Crippen LogP contribution in [-0.2, 0) is 9.59 Å². The van der Waals surface area contributed by atoms with Crippen molar-refractivity contribution in [2.45, 2.75) is 0 Å². The van der Waals surface area contributed by atoms with Crippen molar-refractivity contribution >= 4 is 40.7 Å². The summed E-state index contributed by atoms with van der Waals surface area (Å²) >= 11 is 11.8. The Labute approximate surface area is 102 Å². The summed E-state index contributed by atoms with van der Waals surface area (Å²) in [5, 5.41) is 3.23. The van der Waals surface area contributed by atoms with E-state index in [1.54, 1.807) is 18.2 Å². The highest BCUT2D eigenvalue weighted by molar-refractivity contribution is 6.44. The number of carbonyl (C=O) groups excluding carboxylic acids is 2. The smallest absolute Gasteiger partial charge is 0.247 e. The third-order valence-electron chi connectivity index (χ3n) is 2.22. The lowest BCUT2D eigenvalue weighted by Crippen LogP contribution is -2.52. The first kappa shape index (κ1) is 11.4. The van der Waals surface area contributed by atoms with Crippen molar-refractivity contribution in [3.8, 4) is 0 Å². The summed E-state index contributed by atoms with van der Waals surface area (Å²) in [6.45, 7) is 0.239. The van der Waals surface area contributed by atoms with Crippen LogP contribution in [0.2, 0.25) is 10.0 Å². The highest BCUT2D eigenvalue weighted by Gasteiger charge is 2.28. The van der Waals surface area contributed by atoms with E-state index in [4.69, 9.17) is 23.2 Å². The Bertz CT molecular complexity index is 446. The molecule has 16 heavy (non-hydrogen) atoms. The molecule has 4 nitrogen and oxygen atoms in total. The topological polar surface area (TPSA) is 49.4 Å². The predicted molar refractivity (Wildman–Crippen MR) is 61.8 cm³/mol. The molecule has 1 aliphatic heterocycles. The Morgan fingerprint density at radius 3 is 2.38 bits per heavy atom. The molecule has 2 rings (SSSR count). The molecule has 0 radical (unpaired) electrons. The van der Waals surface area contributed by atoms with Gasteiger partial charge in [-0.25, -0.2) is 4.90 Å². The number of nitrogens with zero attached hydrogens (tertiary/aromatic N) is 1. The number of halogens is 2. The molecular weight excluding hydrogens is 251 g/mol. The number of carbonyl (C=O) groups is 2. The molecule has 1 aromatic rings. The summed E-state index contributed by atoms with van der Waals surface area (Å²) in [7, 11) is 0. The number of hydrogen-bond acceptors (Lipinski definition) is 3. The minimum atomic E-state index is -0.333. The second-order valence-electron chi connectivity index (χ2n) is 3.30. The van der Waals surface area contributed by atoms with Gasteiger partial charge in [0.05, 0.1) is 28.8 Å². The number of imide groups is 1. The normalized spacial score (nSPS) is 16.8. The summed E-state index contributed by atoms with van der Waals surface area (Å²) in [4.78, 5) is 24.3. The maximum Gasteiger partial charge on any atom is 0.247 e. The Morgan fingerprint density at radius 1 is 1.12 bits per heavy atom. The summed E-state index contributed by atoms with van der Waals surface area (Å²) in [5.41, 5.74) is 0.339. The van der Waals surface area contributed by atoms with Crippen molar-refractivity contribution < 1.29 is 9.59 Å². The van der Waals surface area contributed by atoms with Crippen molar-refractivity contribution in [3.63, 3.8) is 0 Å². The molecular formula is C10H8Cl2N2O2. The number of piperazine rings is 1. The average molecular weight is 259 g/mol. The molecule has 2 amide bonds. The van der Waals surface area contributed by atoms with Crippen LogP contribution in [0.3, 0.4) is 0 Å². The van der Waals surface area contributed by atoms with E-state index >= 15 is 0 Å². The number of nitrogens with one attached hydrogen (secondary N) is 1. The zero-order chi connectivity index (χ0) is 11.7. The standard InChI is InChI=1S/C10H8Cl2N2O2/c11-6-2-1-3-7(10(6)12)14-8(15)4-13-5-9(14)16/h1-3,13H,4-5H2. The van der Waals surface area contributed by atoms with Gasteiger partial charge >= 0.3 is 0 Å². The molecule has 84 valence electrons. The molecule has 1 N–H and O–H groups in total. The lowest BCUT2D eigenvalue weighted by atomic mass is 10.2.